The van der Waals surface area contributed by atoms with Gasteiger partial charge in [0.25, 0.3) is 0 Å². The van der Waals surface area contributed by atoms with Gasteiger partial charge in [-0.2, -0.15) is 0 Å². The molecule has 21 heavy (non-hydrogen) atoms. The molecule has 3 fully saturated rings. The Kier molecular flexibility index (Phi) is 6.55. The first-order valence-electron chi connectivity index (χ1n) is 8.09. The third-order valence-corrected chi connectivity index (χ3v) is 4.77. The average Bonchev–Trinajstić information content (AvgIpc) is 3.05. The summed E-state index contributed by atoms with van der Waals surface area (Å²) in [4.78, 5) is 6.99. The molecule has 1 saturated carbocycles. The van der Waals surface area contributed by atoms with Crippen molar-refractivity contribution in [1.82, 2.24) is 15.5 Å². The van der Waals surface area contributed by atoms with Crippen molar-refractivity contribution in [2.24, 2.45) is 10.9 Å². The van der Waals surface area contributed by atoms with Crippen molar-refractivity contribution < 1.29 is 4.74 Å². The first-order chi connectivity index (χ1) is 9.76. The lowest BCUT2D eigenvalue weighted by atomic mass is 10.1. The van der Waals surface area contributed by atoms with Crippen LogP contribution < -0.4 is 10.6 Å². The molecule has 0 aromatic carbocycles. The summed E-state index contributed by atoms with van der Waals surface area (Å²) in [6.07, 6.45) is 5.50. The molecule has 3 rings (SSSR count). The van der Waals surface area contributed by atoms with E-state index in [1.165, 1.54) is 32.2 Å². The van der Waals surface area contributed by atoms with Gasteiger partial charge in [-0.3, -0.25) is 9.89 Å². The number of likely N-dealkylation sites (tertiary alicyclic amines) is 1. The van der Waals surface area contributed by atoms with Crippen LogP contribution in [0.25, 0.3) is 0 Å². The van der Waals surface area contributed by atoms with Crippen molar-refractivity contribution in [2.45, 2.75) is 50.8 Å². The van der Waals surface area contributed by atoms with Gasteiger partial charge in [0.2, 0.25) is 0 Å². The molecular weight excluding hydrogens is 379 g/mol. The SMILES string of the molecule is CN=C(NCC1CCCO1)NC1CN(C2CC2)CC1C.I. The maximum absolute atomic E-state index is 5.64. The van der Waals surface area contributed by atoms with Gasteiger partial charge < -0.3 is 15.4 Å². The zero-order valence-corrected chi connectivity index (χ0v) is 15.5. The van der Waals surface area contributed by atoms with Crippen molar-refractivity contribution in [3.05, 3.63) is 0 Å². The van der Waals surface area contributed by atoms with Gasteiger partial charge in [0, 0.05) is 45.4 Å². The molecule has 1 aliphatic carbocycles. The zero-order chi connectivity index (χ0) is 13.9. The quantitative estimate of drug-likeness (QED) is 0.420. The van der Waals surface area contributed by atoms with Crippen LogP contribution in [-0.4, -0.2) is 62.3 Å². The molecule has 6 heteroatoms. The number of rotatable bonds is 4. The van der Waals surface area contributed by atoms with Gasteiger partial charge in [-0.05, 0) is 31.6 Å². The van der Waals surface area contributed by atoms with Crippen LogP contribution in [0.4, 0.5) is 0 Å². The summed E-state index contributed by atoms with van der Waals surface area (Å²) in [5.41, 5.74) is 0. The molecule has 2 aliphatic heterocycles. The molecule has 3 atom stereocenters. The van der Waals surface area contributed by atoms with Crippen LogP contribution in [0.5, 0.6) is 0 Å². The number of halogens is 1. The lowest BCUT2D eigenvalue weighted by molar-refractivity contribution is 0.113. The summed E-state index contributed by atoms with van der Waals surface area (Å²) in [5, 5.41) is 7.01. The van der Waals surface area contributed by atoms with Crippen LogP contribution in [0.2, 0.25) is 0 Å². The van der Waals surface area contributed by atoms with E-state index in [2.05, 4.69) is 27.4 Å². The first-order valence-corrected chi connectivity index (χ1v) is 8.09. The van der Waals surface area contributed by atoms with Gasteiger partial charge in [-0.25, -0.2) is 0 Å². The van der Waals surface area contributed by atoms with Crippen molar-refractivity contribution in [3.8, 4) is 0 Å². The number of hydrogen-bond acceptors (Lipinski definition) is 3. The van der Waals surface area contributed by atoms with Crippen LogP contribution in [0.3, 0.4) is 0 Å². The highest BCUT2D eigenvalue weighted by atomic mass is 127. The van der Waals surface area contributed by atoms with Crippen LogP contribution in [-0.2, 0) is 4.74 Å². The number of nitrogens with one attached hydrogen (secondary N) is 2. The Morgan fingerprint density at radius 2 is 2.10 bits per heavy atom. The molecule has 0 amide bonds. The molecule has 2 heterocycles. The monoisotopic (exact) mass is 408 g/mol. The maximum atomic E-state index is 5.64. The Morgan fingerprint density at radius 3 is 2.71 bits per heavy atom. The van der Waals surface area contributed by atoms with Crippen LogP contribution in [0.15, 0.2) is 4.99 Å². The highest BCUT2D eigenvalue weighted by Crippen LogP contribution is 2.31. The average molecular weight is 408 g/mol. The van der Waals surface area contributed by atoms with Gasteiger partial charge in [-0.1, -0.05) is 6.92 Å². The fourth-order valence-corrected chi connectivity index (χ4v) is 3.32. The van der Waals surface area contributed by atoms with E-state index in [1.54, 1.807) is 0 Å². The fraction of sp³-hybridized carbons (Fsp3) is 0.933. The van der Waals surface area contributed by atoms with E-state index in [0.29, 0.717) is 18.1 Å². The third kappa shape index (κ3) is 4.69. The summed E-state index contributed by atoms with van der Waals surface area (Å²) in [7, 11) is 1.85. The lowest BCUT2D eigenvalue weighted by Gasteiger charge is -2.21. The molecule has 3 unspecified atom stereocenters. The van der Waals surface area contributed by atoms with E-state index >= 15 is 0 Å². The number of nitrogens with zero attached hydrogens (tertiary/aromatic N) is 2. The molecule has 0 spiro atoms. The predicted molar refractivity (Wildman–Crippen MR) is 96.4 cm³/mol. The second-order valence-electron chi connectivity index (χ2n) is 6.50. The van der Waals surface area contributed by atoms with Crippen molar-refractivity contribution in [1.29, 1.82) is 0 Å². The van der Waals surface area contributed by atoms with Crippen LogP contribution >= 0.6 is 24.0 Å². The molecule has 2 saturated heterocycles. The van der Waals surface area contributed by atoms with E-state index in [4.69, 9.17) is 4.74 Å². The van der Waals surface area contributed by atoms with E-state index in [1.807, 2.05) is 7.05 Å². The van der Waals surface area contributed by atoms with Gasteiger partial charge in [0.05, 0.1) is 6.10 Å². The molecule has 2 N–H and O–H groups in total. The second kappa shape index (κ2) is 7.97. The Balaban J connectivity index is 0.00000161. The largest absolute Gasteiger partial charge is 0.376 e. The fourth-order valence-electron chi connectivity index (χ4n) is 3.32. The molecule has 122 valence electrons. The number of aliphatic imine (C=N–C) groups is 1. The molecule has 0 aromatic heterocycles. The number of guanidine groups is 1. The number of ether oxygens (including phenoxy) is 1. The van der Waals surface area contributed by atoms with Gasteiger partial charge >= 0.3 is 0 Å². The molecule has 3 aliphatic rings. The van der Waals surface area contributed by atoms with E-state index < -0.39 is 0 Å². The summed E-state index contributed by atoms with van der Waals surface area (Å²) in [6.45, 7) is 6.51. The molecule has 0 aromatic rings. The smallest absolute Gasteiger partial charge is 0.191 e. The van der Waals surface area contributed by atoms with Gasteiger partial charge in [-0.15, -0.1) is 24.0 Å². The summed E-state index contributed by atoms with van der Waals surface area (Å²) in [6, 6.07) is 1.39. The van der Waals surface area contributed by atoms with E-state index in [0.717, 1.165) is 31.7 Å². The van der Waals surface area contributed by atoms with Crippen LogP contribution in [0.1, 0.15) is 32.6 Å². The molecule has 0 radical (unpaired) electrons. The lowest BCUT2D eigenvalue weighted by Crippen LogP contribution is -2.48. The summed E-state index contributed by atoms with van der Waals surface area (Å²) < 4.78 is 5.64. The zero-order valence-electron chi connectivity index (χ0n) is 13.2. The Bertz CT molecular complexity index is 356. The van der Waals surface area contributed by atoms with Crippen LogP contribution in [0, 0.1) is 5.92 Å². The molecule has 5 nitrogen and oxygen atoms in total. The minimum Gasteiger partial charge on any atom is -0.376 e. The number of hydrogen-bond donors (Lipinski definition) is 2. The van der Waals surface area contributed by atoms with E-state index in [-0.39, 0.29) is 24.0 Å². The van der Waals surface area contributed by atoms with Crippen molar-refractivity contribution in [2.75, 3.05) is 33.3 Å². The van der Waals surface area contributed by atoms with Gasteiger partial charge in [0.15, 0.2) is 5.96 Å². The normalized spacial score (nSPS) is 33.8. The summed E-state index contributed by atoms with van der Waals surface area (Å²) >= 11 is 0. The van der Waals surface area contributed by atoms with Gasteiger partial charge in [0.1, 0.15) is 0 Å². The first kappa shape index (κ1) is 17.3. The second-order valence-corrected chi connectivity index (χ2v) is 6.50. The third-order valence-electron chi connectivity index (χ3n) is 4.77. The highest BCUT2D eigenvalue weighted by Gasteiger charge is 2.38. The minimum absolute atomic E-state index is 0. The Morgan fingerprint density at radius 1 is 1.29 bits per heavy atom. The molecule has 0 bridgehead atoms. The predicted octanol–water partition coefficient (Wildman–Crippen LogP) is 1.43. The van der Waals surface area contributed by atoms with Crippen molar-refractivity contribution >= 4 is 29.9 Å². The van der Waals surface area contributed by atoms with E-state index in [9.17, 15) is 0 Å². The Labute approximate surface area is 145 Å². The Hall–Kier alpha value is -0.0800. The van der Waals surface area contributed by atoms with Crippen molar-refractivity contribution in [3.63, 3.8) is 0 Å². The topological polar surface area (TPSA) is 48.9 Å². The standard InChI is InChI=1S/C15H28N4O.HI/c1-11-9-19(12-5-6-12)10-14(11)18-15(16-2)17-8-13-4-3-7-20-13;/h11-14H,3-10H2,1-2H3,(H2,16,17,18);1H. The maximum Gasteiger partial charge on any atom is 0.191 e. The minimum atomic E-state index is 0. The molecular formula is C15H29IN4O. The highest BCUT2D eigenvalue weighted by molar-refractivity contribution is 14.0. The summed E-state index contributed by atoms with van der Waals surface area (Å²) in [5.74, 6) is 1.62.